The number of carbonyl (C=O) groups excluding carboxylic acids is 1. The highest BCUT2D eigenvalue weighted by Gasteiger charge is 2.37. The summed E-state index contributed by atoms with van der Waals surface area (Å²) in [5.41, 5.74) is 1.13. The van der Waals surface area contributed by atoms with Gasteiger partial charge in [0.05, 0.1) is 6.04 Å². The molecule has 1 N–H and O–H groups in total. The van der Waals surface area contributed by atoms with Gasteiger partial charge in [-0.15, -0.1) is 0 Å². The van der Waals surface area contributed by atoms with Crippen molar-refractivity contribution < 1.29 is 4.79 Å². The smallest absolute Gasteiger partial charge is 0.226 e. The van der Waals surface area contributed by atoms with E-state index in [0.717, 1.165) is 25.2 Å². The standard InChI is InChI=1S/C15H21N3O/c1-11(12-4-5-12)15(19)18-8-7-17-10-14(18)13-3-2-6-16-9-13/h2-3,6,9,11-12,14,17H,4-5,7-8,10H2,1H3. The Morgan fingerprint density at radius 1 is 1.53 bits per heavy atom. The van der Waals surface area contributed by atoms with E-state index in [4.69, 9.17) is 0 Å². The van der Waals surface area contributed by atoms with Crippen LogP contribution in [0.2, 0.25) is 0 Å². The predicted molar refractivity (Wildman–Crippen MR) is 73.4 cm³/mol. The van der Waals surface area contributed by atoms with Gasteiger partial charge >= 0.3 is 0 Å². The molecule has 3 rings (SSSR count). The molecule has 0 spiro atoms. The van der Waals surface area contributed by atoms with Crippen molar-refractivity contribution in [1.82, 2.24) is 15.2 Å². The van der Waals surface area contributed by atoms with Crippen LogP contribution in [0.25, 0.3) is 0 Å². The first kappa shape index (κ1) is 12.6. The SMILES string of the molecule is CC(C(=O)N1CCNCC1c1cccnc1)C1CC1. The van der Waals surface area contributed by atoms with Gasteiger partial charge in [-0.1, -0.05) is 13.0 Å². The number of rotatable bonds is 3. The molecule has 4 heteroatoms. The molecular formula is C15H21N3O. The minimum atomic E-state index is 0.135. The lowest BCUT2D eigenvalue weighted by Crippen LogP contribution is -2.50. The van der Waals surface area contributed by atoms with Crippen molar-refractivity contribution >= 4 is 5.91 Å². The number of pyridine rings is 1. The van der Waals surface area contributed by atoms with Crippen LogP contribution in [-0.2, 0) is 4.79 Å². The molecule has 0 aromatic carbocycles. The molecule has 0 radical (unpaired) electrons. The zero-order valence-electron chi connectivity index (χ0n) is 11.4. The first-order valence-corrected chi connectivity index (χ1v) is 7.18. The Hall–Kier alpha value is -1.42. The summed E-state index contributed by atoms with van der Waals surface area (Å²) in [5.74, 6) is 1.12. The fourth-order valence-electron chi connectivity index (χ4n) is 2.90. The van der Waals surface area contributed by atoms with E-state index in [-0.39, 0.29) is 12.0 Å². The van der Waals surface area contributed by atoms with Crippen LogP contribution in [0.1, 0.15) is 31.4 Å². The van der Waals surface area contributed by atoms with Gasteiger partial charge in [0.2, 0.25) is 5.91 Å². The van der Waals surface area contributed by atoms with Crippen molar-refractivity contribution in [1.29, 1.82) is 0 Å². The fraction of sp³-hybridized carbons (Fsp3) is 0.600. The molecule has 1 saturated carbocycles. The molecule has 19 heavy (non-hydrogen) atoms. The van der Waals surface area contributed by atoms with Gasteiger partial charge in [0.25, 0.3) is 0 Å². The van der Waals surface area contributed by atoms with E-state index < -0.39 is 0 Å². The molecule has 4 nitrogen and oxygen atoms in total. The van der Waals surface area contributed by atoms with Gasteiger partial charge in [-0.05, 0) is 30.4 Å². The molecule has 1 aromatic rings. The van der Waals surface area contributed by atoms with Gasteiger partial charge in [-0.25, -0.2) is 0 Å². The number of nitrogens with zero attached hydrogens (tertiary/aromatic N) is 2. The minimum absolute atomic E-state index is 0.135. The molecule has 1 amide bonds. The third kappa shape index (κ3) is 2.63. The Morgan fingerprint density at radius 3 is 3.05 bits per heavy atom. The summed E-state index contributed by atoms with van der Waals surface area (Å²) in [6.45, 7) is 4.60. The fourth-order valence-corrected chi connectivity index (χ4v) is 2.90. The van der Waals surface area contributed by atoms with Crippen LogP contribution in [0.5, 0.6) is 0 Å². The van der Waals surface area contributed by atoms with Gasteiger partial charge in [-0.3, -0.25) is 9.78 Å². The summed E-state index contributed by atoms with van der Waals surface area (Å²) in [6, 6.07) is 4.14. The van der Waals surface area contributed by atoms with Crippen LogP contribution >= 0.6 is 0 Å². The van der Waals surface area contributed by atoms with Crippen molar-refractivity contribution in [2.24, 2.45) is 11.8 Å². The molecule has 1 aliphatic heterocycles. The van der Waals surface area contributed by atoms with Crippen LogP contribution in [0.4, 0.5) is 0 Å². The quantitative estimate of drug-likeness (QED) is 0.897. The molecule has 2 aliphatic rings. The van der Waals surface area contributed by atoms with Crippen LogP contribution < -0.4 is 5.32 Å². The highest BCUT2D eigenvalue weighted by atomic mass is 16.2. The third-order valence-corrected chi connectivity index (χ3v) is 4.31. The summed E-state index contributed by atoms with van der Waals surface area (Å²) < 4.78 is 0. The average Bonchev–Trinajstić information content (AvgIpc) is 3.31. The van der Waals surface area contributed by atoms with Gasteiger partial charge in [0.1, 0.15) is 0 Å². The van der Waals surface area contributed by atoms with E-state index >= 15 is 0 Å². The first-order valence-electron chi connectivity index (χ1n) is 7.18. The van der Waals surface area contributed by atoms with Crippen molar-refractivity contribution in [3.05, 3.63) is 30.1 Å². The number of hydrogen-bond donors (Lipinski definition) is 1. The molecule has 1 saturated heterocycles. The molecule has 102 valence electrons. The topological polar surface area (TPSA) is 45.2 Å². The van der Waals surface area contributed by atoms with Gasteiger partial charge < -0.3 is 10.2 Å². The molecule has 2 atom stereocenters. The number of piperazine rings is 1. The maximum absolute atomic E-state index is 12.6. The molecule has 2 unspecified atom stereocenters. The normalized spacial score (nSPS) is 25.1. The highest BCUT2D eigenvalue weighted by Crippen LogP contribution is 2.38. The average molecular weight is 259 g/mol. The summed E-state index contributed by atoms with van der Waals surface area (Å²) in [5, 5.41) is 3.38. The summed E-state index contributed by atoms with van der Waals surface area (Å²) in [4.78, 5) is 18.9. The Bertz CT molecular complexity index is 444. The Kier molecular flexibility index (Phi) is 3.51. The lowest BCUT2D eigenvalue weighted by Gasteiger charge is -2.38. The first-order chi connectivity index (χ1) is 9.27. The predicted octanol–water partition coefficient (Wildman–Crippen LogP) is 1.60. The van der Waals surface area contributed by atoms with E-state index in [1.165, 1.54) is 12.8 Å². The van der Waals surface area contributed by atoms with Crippen LogP contribution in [0.15, 0.2) is 24.5 Å². The van der Waals surface area contributed by atoms with Crippen molar-refractivity contribution in [2.75, 3.05) is 19.6 Å². The van der Waals surface area contributed by atoms with E-state index in [1.807, 2.05) is 12.3 Å². The minimum Gasteiger partial charge on any atom is -0.333 e. The second-order valence-electron chi connectivity index (χ2n) is 5.66. The molecular weight excluding hydrogens is 238 g/mol. The van der Waals surface area contributed by atoms with E-state index in [9.17, 15) is 4.79 Å². The lowest BCUT2D eigenvalue weighted by molar-refractivity contribution is -0.139. The summed E-state index contributed by atoms with van der Waals surface area (Å²) in [7, 11) is 0. The second-order valence-corrected chi connectivity index (χ2v) is 5.66. The van der Waals surface area contributed by atoms with Crippen molar-refractivity contribution in [3.63, 3.8) is 0 Å². The molecule has 1 aliphatic carbocycles. The summed E-state index contributed by atoms with van der Waals surface area (Å²) >= 11 is 0. The Labute approximate surface area is 114 Å². The number of nitrogens with one attached hydrogen (secondary N) is 1. The molecule has 0 bridgehead atoms. The maximum Gasteiger partial charge on any atom is 0.226 e. The lowest BCUT2D eigenvalue weighted by atomic mass is 9.99. The highest BCUT2D eigenvalue weighted by molar-refractivity contribution is 5.79. The largest absolute Gasteiger partial charge is 0.333 e. The molecule has 2 heterocycles. The van der Waals surface area contributed by atoms with Crippen molar-refractivity contribution in [3.8, 4) is 0 Å². The van der Waals surface area contributed by atoms with Crippen molar-refractivity contribution in [2.45, 2.75) is 25.8 Å². The molecule has 2 fully saturated rings. The van der Waals surface area contributed by atoms with E-state index in [1.54, 1.807) is 6.20 Å². The number of aromatic nitrogens is 1. The zero-order chi connectivity index (χ0) is 13.2. The summed E-state index contributed by atoms with van der Waals surface area (Å²) in [6.07, 6.45) is 6.09. The van der Waals surface area contributed by atoms with Gasteiger partial charge in [-0.2, -0.15) is 0 Å². The third-order valence-electron chi connectivity index (χ3n) is 4.31. The van der Waals surface area contributed by atoms with E-state index in [0.29, 0.717) is 11.8 Å². The number of carbonyl (C=O) groups is 1. The van der Waals surface area contributed by atoms with Gasteiger partial charge in [0, 0.05) is 37.9 Å². The Balaban J connectivity index is 1.78. The van der Waals surface area contributed by atoms with Crippen LogP contribution in [0.3, 0.4) is 0 Å². The number of hydrogen-bond acceptors (Lipinski definition) is 3. The monoisotopic (exact) mass is 259 g/mol. The molecule has 1 aromatic heterocycles. The zero-order valence-corrected chi connectivity index (χ0v) is 11.4. The maximum atomic E-state index is 12.6. The number of amides is 1. The Morgan fingerprint density at radius 2 is 2.37 bits per heavy atom. The van der Waals surface area contributed by atoms with Crippen LogP contribution in [0, 0.1) is 11.8 Å². The second kappa shape index (κ2) is 5.29. The van der Waals surface area contributed by atoms with Gasteiger partial charge in [0.15, 0.2) is 0 Å². The van der Waals surface area contributed by atoms with Crippen LogP contribution in [-0.4, -0.2) is 35.4 Å². The van der Waals surface area contributed by atoms with E-state index in [2.05, 4.69) is 28.2 Å².